The summed E-state index contributed by atoms with van der Waals surface area (Å²) in [6.45, 7) is 1.80. The molecule has 19 heavy (non-hydrogen) atoms. The first-order valence-corrected chi connectivity index (χ1v) is 7.53. The molecule has 0 aromatic carbocycles. The number of carbonyl (C=O) groups excluding carboxylic acids is 1. The lowest BCUT2D eigenvalue weighted by Crippen LogP contribution is -2.23. The zero-order valence-corrected chi connectivity index (χ0v) is 12.0. The maximum absolute atomic E-state index is 11.8. The molecule has 0 aliphatic heterocycles. The van der Waals surface area contributed by atoms with Crippen molar-refractivity contribution in [3.63, 3.8) is 0 Å². The third kappa shape index (κ3) is 3.34. The van der Waals surface area contributed by atoms with Gasteiger partial charge in [0.25, 0.3) is 0 Å². The number of fused-ring (bicyclic) bond motifs is 1. The Hall–Kier alpha value is -1.38. The minimum Gasteiger partial charge on any atom is -0.327 e. The highest BCUT2D eigenvalue weighted by Crippen LogP contribution is 2.36. The molecule has 0 radical (unpaired) electrons. The molecule has 1 aromatic heterocycles. The summed E-state index contributed by atoms with van der Waals surface area (Å²) in [6, 6.07) is 2.09. The molecular weight excluding hydrogens is 258 g/mol. The standard InChI is InChI=1S/C14H19N3OS/c1-9(16)7-13(18)17-14-11(8-15)10-5-3-2-4-6-12(10)19-14/h9H,2-7,16H2,1H3,(H,17,18). The van der Waals surface area contributed by atoms with Crippen LogP contribution in [0.25, 0.3) is 0 Å². The number of hydrogen-bond donors (Lipinski definition) is 2. The molecule has 0 bridgehead atoms. The van der Waals surface area contributed by atoms with Gasteiger partial charge in [-0.15, -0.1) is 11.3 Å². The van der Waals surface area contributed by atoms with Crippen LogP contribution in [0.3, 0.4) is 0 Å². The number of nitriles is 1. The van der Waals surface area contributed by atoms with E-state index in [4.69, 9.17) is 5.73 Å². The molecule has 0 fully saturated rings. The summed E-state index contributed by atoms with van der Waals surface area (Å²) in [6.07, 6.45) is 5.79. The first-order valence-electron chi connectivity index (χ1n) is 6.72. The number of nitrogens with zero attached hydrogens (tertiary/aromatic N) is 1. The van der Waals surface area contributed by atoms with Crippen LogP contribution in [0.15, 0.2) is 0 Å². The molecule has 2 rings (SSSR count). The lowest BCUT2D eigenvalue weighted by Gasteiger charge is -2.06. The van der Waals surface area contributed by atoms with Crippen molar-refractivity contribution in [3.8, 4) is 6.07 Å². The zero-order chi connectivity index (χ0) is 13.8. The second-order valence-corrected chi connectivity index (χ2v) is 6.22. The highest BCUT2D eigenvalue weighted by molar-refractivity contribution is 7.16. The summed E-state index contributed by atoms with van der Waals surface area (Å²) in [5, 5.41) is 12.9. The van der Waals surface area contributed by atoms with Gasteiger partial charge in [0.15, 0.2) is 0 Å². The van der Waals surface area contributed by atoms with Crippen LogP contribution >= 0.6 is 11.3 Å². The Labute approximate surface area is 117 Å². The van der Waals surface area contributed by atoms with Gasteiger partial charge in [-0.1, -0.05) is 6.42 Å². The zero-order valence-electron chi connectivity index (χ0n) is 11.2. The van der Waals surface area contributed by atoms with Crippen LogP contribution in [0.4, 0.5) is 5.00 Å². The van der Waals surface area contributed by atoms with Crippen LogP contribution in [-0.4, -0.2) is 11.9 Å². The van der Waals surface area contributed by atoms with E-state index >= 15 is 0 Å². The molecule has 1 aliphatic rings. The average Bonchev–Trinajstić information content (AvgIpc) is 2.51. The molecular formula is C14H19N3OS. The minimum absolute atomic E-state index is 0.108. The highest BCUT2D eigenvalue weighted by Gasteiger charge is 2.21. The predicted octanol–water partition coefficient (Wildman–Crippen LogP) is 2.56. The number of aryl methyl sites for hydroxylation is 1. The Kier molecular flexibility index (Phi) is 4.56. The lowest BCUT2D eigenvalue weighted by atomic mass is 10.1. The maximum atomic E-state index is 11.8. The fourth-order valence-corrected chi connectivity index (χ4v) is 3.67. The first kappa shape index (κ1) is 14.0. The van der Waals surface area contributed by atoms with Crippen LogP contribution in [-0.2, 0) is 17.6 Å². The fourth-order valence-electron chi connectivity index (χ4n) is 2.42. The maximum Gasteiger partial charge on any atom is 0.226 e. The van der Waals surface area contributed by atoms with E-state index in [0.29, 0.717) is 10.6 Å². The molecule has 5 heteroatoms. The molecule has 1 unspecified atom stereocenters. The largest absolute Gasteiger partial charge is 0.327 e. The van der Waals surface area contributed by atoms with Gasteiger partial charge in [0, 0.05) is 17.3 Å². The smallest absolute Gasteiger partial charge is 0.226 e. The van der Waals surface area contributed by atoms with Gasteiger partial charge in [0.2, 0.25) is 5.91 Å². The van der Waals surface area contributed by atoms with Gasteiger partial charge >= 0.3 is 0 Å². The Balaban J connectivity index is 2.22. The van der Waals surface area contributed by atoms with Gasteiger partial charge in [-0.2, -0.15) is 5.26 Å². The van der Waals surface area contributed by atoms with Gasteiger partial charge in [-0.05, 0) is 38.2 Å². The summed E-state index contributed by atoms with van der Waals surface area (Å²) in [7, 11) is 0. The Morgan fingerprint density at radius 3 is 2.89 bits per heavy atom. The van der Waals surface area contributed by atoms with E-state index in [1.54, 1.807) is 18.3 Å². The second kappa shape index (κ2) is 6.18. The van der Waals surface area contributed by atoms with Crippen LogP contribution in [0.1, 0.15) is 48.6 Å². The van der Waals surface area contributed by atoms with Crippen molar-refractivity contribution in [1.29, 1.82) is 5.26 Å². The Bertz CT molecular complexity index is 513. The number of anilines is 1. The molecule has 3 N–H and O–H groups in total. The molecule has 0 spiro atoms. The van der Waals surface area contributed by atoms with Gasteiger partial charge in [0.1, 0.15) is 11.1 Å². The number of amides is 1. The van der Waals surface area contributed by atoms with Crippen molar-refractivity contribution in [2.45, 2.75) is 51.5 Å². The van der Waals surface area contributed by atoms with Crippen molar-refractivity contribution in [1.82, 2.24) is 0 Å². The first-order chi connectivity index (χ1) is 9.11. The number of thiophene rings is 1. The summed E-state index contributed by atoms with van der Waals surface area (Å²) < 4.78 is 0. The average molecular weight is 277 g/mol. The molecule has 1 aromatic rings. The third-order valence-corrected chi connectivity index (χ3v) is 4.50. The molecule has 1 aliphatic carbocycles. The SMILES string of the molecule is CC(N)CC(=O)Nc1sc2c(c1C#N)CCCCC2. The molecule has 102 valence electrons. The number of carbonyl (C=O) groups is 1. The van der Waals surface area contributed by atoms with Crippen LogP contribution in [0, 0.1) is 11.3 Å². The van der Waals surface area contributed by atoms with E-state index in [1.165, 1.54) is 17.7 Å². The monoisotopic (exact) mass is 277 g/mol. The normalized spacial score (nSPS) is 16.1. The number of rotatable bonds is 3. The molecule has 1 amide bonds. The van der Waals surface area contributed by atoms with E-state index in [2.05, 4.69) is 11.4 Å². The van der Waals surface area contributed by atoms with E-state index in [1.807, 2.05) is 0 Å². The predicted molar refractivity (Wildman–Crippen MR) is 77.2 cm³/mol. The molecule has 0 saturated heterocycles. The van der Waals surface area contributed by atoms with E-state index in [-0.39, 0.29) is 18.4 Å². The lowest BCUT2D eigenvalue weighted by molar-refractivity contribution is -0.116. The quantitative estimate of drug-likeness (QED) is 0.833. The van der Waals surface area contributed by atoms with E-state index < -0.39 is 0 Å². The molecule has 0 saturated carbocycles. The fraction of sp³-hybridized carbons (Fsp3) is 0.571. The van der Waals surface area contributed by atoms with Crippen LogP contribution in [0.2, 0.25) is 0 Å². The molecule has 1 atom stereocenters. The van der Waals surface area contributed by atoms with Crippen molar-refractivity contribution in [2.24, 2.45) is 5.73 Å². The van der Waals surface area contributed by atoms with Crippen LogP contribution in [0.5, 0.6) is 0 Å². The van der Waals surface area contributed by atoms with Gasteiger partial charge < -0.3 is 11.1 Å². The van der Waals surface area contributed by atoms with Gasteiger partial charge in [-0.3, -0.25) is 4.79 Å². The summed E-state index contributed by atoms with van der Waals surface area (Å²) in [5.74, 6) is -0.108. The summed E-state index contributed by atoms with van der Waals surface area (Å²) in [5.41, 5.74) is 7.43. The van der Waals surface area contributed by atoms with Crippen molar-refractivity contribution < 1.29 is 4.79 Å². The molecule has 4 nitrogen and oxygen atoms in total. The number of nitrogens with one attached hydrogen (secondary N) is 1. The van der Waals surface area contributed by atoms with E-state index in [0.717, 1.165) is 24.8 Å². The third-order valence-electron chi connectivity index (χ3n) is 3.29. The van der Waals surface area contributed by atoms with Gasteiger partial charge in [-0.25, -0.2) is 0 Å². The molecule has 1 heterocycles. The Morgan fingerprint density at radius 2 is 2.21 bits per heavy atom. The Morgan fingerprint density at radius 1 is 1.47 bits per heavy atom. The van der Waals surface area contributed by atoms with Crippen LogP contribution < -0.4 is 11.1 Å². The van der Waals surface area contributed by atoms with Gasteiger partial charge in [0.05, 0.1) is 5.56 Å². The topological polar surface area (TPSA) is 78.9 Å². The van der Waals surface area contributed by atoms with Crippen molar-refractivity contribution in [3.05, 3.63) is 16.0 Å². The highest BCUT2D eigenvalue weighted by atomic mass is 32.1. The summed E-state index contributed by atoms with van der Waals surface area (Å²) >= 11 is 1.56. The minimum atomic E-state index is -0.164. The number of nitrogens with two attached hydrogens (primary N) is 1. The number of hydrogen-bond acceptors (Lipinski definition) is 4. The summed E-state index contributed by atoms with van der Waals surface area (Å²) in [4.78, 5) is 13.0. The van der Waals surface area contributed by atoms with Crippen molar-refractivity contribution in [2.75, 3.05) is 5.32 Å². The second-order valence-electron chi connectivity index (χ2n) is 5.11. The van der Waals surface area contributed by atoms with E-state index in [9.17, 15) is 10.1 Å². The van der Waals surface area contributed by atoms with Crippen molar-refractivity contribution >= 4 is 22.2 Å².